The van der Waals surface area contributed by atoms with E-state index < -0.39 is 0 Å². The summed E-state index contributed by atoms with van der Waals surface area (Å²) in [4.78, 5) is 5.24. The number of nitrogens with zero attached hydrogens (tertiary/aromatic N) is 2. The Kier molecular flexibility index (Phi) is 4.22. The number of hydrogen-bond donors (Lipinski definition) is 1. The summed E-state index contributed by atoms with van der Waals surface area (Å²) in [6, 6.07) is 1.55. The Morgan fingerprint density at radius 3 is 2.75 bits per heavy atom. The molecule has 94 valence electrons. The molecule has 0 amide bonds. The van der Waals surface area contributed by atoms with Gasteiger partial charge >= 0.3 is 0 Å². The first kappa shape index (κ1) is 12.3. The first-order valence-corrected chi connectivity index (χ1v) is 6.85. The standard InChI is InChI=1S/C13H27N3/c1-4-12-10-16(6-5-15(12)3)13-7-11(2)8-14-9-13/h11-14H,4-10H2,1-3H3. The van der Waals surface area contributed by atoms with E-state index in [-0.39, 0.29) is 0 Å². The number of likely N-dealkylation sites (N-methyl/N-ethyl adjacent to an activating group) is 1. The van der Waals surface area contributed by atoms with Gasteiger partial charge in [0.25, 0.3) is 0 Å². The predicted molar refractivity (Wildman–Crippen MR) is 68.7 cm³/mol. The monoisotopic (exact) mass is 225 g/mol. The normalized spacial score (nSPS) is 38.8. The molecule has 0 aromatic rings. The Labute approximate surface area is 100 Å². The molecule has 2 aliphatic heterocycles. The van der Waals surface area contributed by atoms with Crippen LogP contribution in [0.2, 0.25) is 0 Å². The van der Waals surface area contributed by atoms with E-state index in [9.17, 15) is 0 Å². The van der Waals surface area contributed by atoms with Crippen LogP contribution in [0.3, 0.4) is 0 Å². The first-order valence-electron chi connectivity index (χ1n) is 6.85. The molecule has 2 heterocycles. The fourth-order valence-corrected chi connectivity index (χ4v) is 3.15. The zero-order chi connectivity index (χ0) is 11.5. The van der Waals surface area contributed by atoms with E-state index in [1.165, 1.54) is 45.6 Å². The summed E-state index contributed by atoms with van der Waals surface area (Å²) in [6.45, 7) is 10.9. The van der Waals surface area contributed by atoms with Crippen LogP contribution < -0.4 is 5.32 Å². The lowest BCUT2D eigenvalue weighted by Gasteiger charge is -2.45. The Morgan fingerprint density at radius 1 is 1.25 bits per heavy atom. The summed E-state index contributed by atoms with van der Waals surface area (Å²) < 4.78 is 0. The number of hydrogen-bond acceptors (Lipinski definition) is 3. The minimum absolute atomic E-state index is 0.769. The van der Waals surface area contributed by atoms with Crippen molar-refractivity contribution in [3.05, 3.63) is 0 Å². The van der Waals surface area contributed by atoms with Crippen molar-refractivity contribution < 1.29 is 0 Å². The molecule has 0 aliphatic carbocycles. The van der Waals surface area contributed by atoms with Crippen molar-refractivity contribution in [2.45, 2.75) is 38.8 Å². The van der Waals surface area contributed by atoms with Crippen LogP contribution in [0.4, 0.5) is 0 Å². The lowest BCUT2D eigenvalue weighted by Crippen LogP contribution is -2.58. The van der Waals surface area contributed by atoms with Gasteiger partial charge in [-0.25, -0.2) is 0 Å². The highest BCUT2D eigenvalue weighted by atomic mass is 15.3. The highest BCUT2D eigenvalue weighted by Gasteiger charge is 2.30. The number of rotatable bonds is 2. The average molecular weight is 225 g/mol. The minimum Gasteiger partial charge on any atom is -0.315 e. The van der Waals surface area contributed by atoms with Crippen LogP contribution in [0.15, 0.2) is 0 Å². The molecule has 3 unspecified atom stereocenters. The molecule has 2 saturated heterocycles. The third-order valence-electron chi connectivity index (χ3n) is 4.34. The minimum atomic E-state index is 0.769. The zero-order valence-electron chi connectivity index (χ0n) is 11.1. The van der Waals surface area contributed by atoms with Gasteiger partial charge in [-0.3, -0.25) is 4.90 Å². The number of nitrogens with one attached hydrogen (secondary N) is 1. The quantitative estimate of drug-likeness (QED) is 0.757. The van der Waals surface area contributed by atoms with Crippen LogP contribution >= 0.6 is 0 Å². The molecule has 0 aromatic carbocycles. The van der Waals surface area contributed by atoms with Gasteiger partial charge < -0.3 is 10.2 Å². The second kappa shape index (κ2) is 5.48. The lowest BCUT2D eigenvalue weighted by molar-refractivity contribution is 0.0470. The molecule has 0 aromatic heterocycles. The van der Waals surface area contributed by atoms with E-state index in [4.69, 9.17) is 0 Å². The molecule has 2 rings (SSSR count). The second-order valence-electron chi connectivity index (χ2n) is 5.69. The Bertz CT molecular complexity index is 219. The van der Waals surface area contributed by atoms with Crippen LogP contribution in [0.1, 0.15) is 26.7 Å². The van der Waals surface area contributed by atoms with Crippen molar-refractivity contribution in [1.82, 2.24) is 15.1 Å². The van der Waals surface area contributed by atoms with Gasteiger partial charge in [0.1, 0.15) is 0 Å². The summed E-state index contributed by atoms with van der Waals surface area (Å²) in [5.41, 5.74) is 0. The maximum atomic E-state index is 3.57. The maximum Gasteiger partial charge on any atom is 0.0224 e. The van der Waals surface area contributed by atoms with Gasteiger partial charge in [0.15, 0.2) is 0 Å². The smallest absolute Gasteiger partial charge is 0.0224 e. The Balaban J connectivity index is 1.89. The van der Waals surface area contributed by atoms with Gasteiger partial charge in [0.2, 0.25) is 0 Å². The van der Waals surface area contributed by atoms with Crippen molar-refractivity contribution in [1.29, 1.82) is 0 Å². The van der Waals surface area contributed by atoms with E-state index in [1.54, 1.807) is 0 Å². The molecule has 0 radical (unpaired) electrons. The van der Waals surface area contributed by atoms with Crippen molar-refractivity contribution in [3.8, 4) is 0 Å². The topological polar surface area (TPSA) is 18.5 Å². The van der Waals surface area contributed by atoms with Crippen LogP contribution in [-0.4, -0.2) is 61.7 Å². The fraction of sp³-hybridized carbons (Fsp3) is 1.00. The Morgan fingerprint density at radius 2 is 2.06 bits per heavy atom. The van der Waals surface area contributed by atoms with E-state index in [0.29, 0.717) is 0 Å². The molecule has 0 saturated carbocycles. The molecule has 0 spiro atoms. The van der Waals surface area contributed by atoms with Crippen molar-refractivity contribution in [2.24, 2.45) is 5.92 Å². The van der Waals surface area contributed by atoms with Crippen LogP contribution in [-0.2, 0) is 0 Å². The SMILES string of the molecule is CCC1CN(C2CNCC(C)C2)CCN1C. The fourth-order valence-electron chi connectivity index (χ4n) is 3.15. The molecule has 2 aliphatic rings. The van der Waals surface area contributed by atoms with Gasteiger partial charge in [0.05, 0.1) is 0 Å². The number of piperazine rings is 1. The summed E-state index contributed by atoms with van der Waals surface area (Å²) in [5, 5.41) is 3.57. The Hall–Kier alpha value is -0.120. The van der Waals surface area contributed by atoms with Crippen LogP contribution in [0, 0.1) is 5.92 Å². The average Bonchev–Trinajstić information content (AvgIpc) is 2.29. The van der Waals surface area contributed by atoms with E-state index in [2.05, 4.69) is 36.0 Å². The molecule has 3 nitrogen and oxygen atoms in total. The van der Waals surface area contributed by atoms with E-state index in [1.807, 2.05) is 0 Å². The highest BCUT2D eigenvalue weighted by Crippen LogP contribution is 2.19. The molecule has 3 heteroatoms. The predicted octanol–water partition coefficient (Wildman–Crippen LogP) is 1.01. The summed E-state index contributed by atoms with van der Waals surface area (Å²) in [5.74, 6) is 0.846. The summed E-state index contributed by atoms with van der Waals surface area (Å²) in [7, 11) is 2.27. The zero-order valence-corrected chi connectivity index (χ0v) is 11.1. The summed E-state index contributed by atoms with van der Waals surface area (Å²) >= 11 is 0. The van der Waals surface area contributed by atoms with Gasteiger partial charge in [-0.2, -0.15) is 0 Å². The molecular weight excluding hydrogens is 198 g/mol. The second-order valence-corrected chi connectivity index (χ2v) is 5.69. The molecule has 2 fully saturated rings. The third-order valence-corrected chi connectivity index (χ3v) is 4.34. The molecule has 3 atom stereocenters. The van der Waals surface area contributed by atoms with Gasteiger partial charge in [-0.1, -0.05) is 13.8 Å². The van der Waals surface area contributed by atoms with Crippen LogP contribution in [0.25, 0.3) is 0 Å². The van der Waals surface area contributed by atoms with E-state index >= 15 is 0 Å². The first-order chi connectivity index (χ1) is 7.70. The van der Waals surface area contributed by atoms with Gasteiger partial charge in [-0.05, 0) is 32.4 Å². The van der Waals surface area contributed by atoms with Crippen molar-refractivity contribution >= 4 is 0 Å². The molecule has 0 bridgehead atoms. The molecule has 1 N–H and O–H groups in total. The lowest BCUT2D eigenvalue weighted by atomic mass is 9.95. The highest BCUT2D eigenvalue weighted by molar-refractivity contribution is 4.87. The van der Waals surface area contributed by atoms with Crippen molar-refractivity contribution in [2.75, 3.05) is 39.8 Å². The largest absolute Gasteiger partial charge is 0.315 e. The maximum absolute atomic E-state index is 3.57. The summed E-state index contributed by atoms with van der Waals surface area (Å²) in [6.07, 6.45) is 2.66. The van der Waals surface area contributed by atoms with E-state index in [0.717, 1.165) is 18.0 Å². The number of piperidine rings is 1. The van der Waals surface area contributed by atoms with Crippen LogP contribution in [0.5, 0.6) is 0 Å². The molecule has 16 heavy (non-hydrogen) atoms. The van der Waals surface area contributed by atoms with Crippen molar-refractivity contribution in [3.63, 3.8) is 0 Å². The van der Waals surface area contributed by atoms with Gasteiger partial charge in [-0.15, -0.1) is 0 Å². The van der Waals surface area contributed by atoms with Gasteiger partial charge in [0, 0.05) is 38.3 Å². The third kappa shape index (κ3) is 2.76. The molecular formula is C13H27N3.